The number of carbonyl (C=O) groups is 4. The molecule has 0 spiro atoms. The number of esters is 1. The lowest BCUT2D eigenvalue weighted by atomic mass is 9.97. The van der Waals surface area contributed by atoms with Gasteiger partial charge in [0.25, 0.3) is 0 Å². The zero-order valence-electron chi connectivity index (χ0n) is 19.5. The van der Waals surface area contributed by atoms with Crippen molar-refractivity contribution in [2.75, 3.05) is 26.0 Å². The largest absolute Gasteiger partial charge is 0.468 e. The molecule has 2 unspecified atom stereocenters. The standard InChI is InChI=1S/C23H28N4O6S/c1-6-15-9-7-8-10-16(15)19(20(29)25-13-18(28)32-5)27(12-11-24)21(30)17(14-34)26-22(31)33-23(2,3)4/h1,7-10,17,19,34H,12-14H2,2-5H3,(H,25,29)(H,26,31). The molecule has 1 rings (SSSR count). The third-order valence-corrected chi connectivity index (χ3v) is 4.67. The minimum Gasteiger partial charge on any atom is -0.468 e. The van der Waals surface area contributed by atoms with E-state index in [-0.39, 0.29) is 11.3 Å². The van der Waals surface area contributed by atoms with Crippen LogP contribution in [-0.2, 0) is 23.9 Å². The highest BCUT2D eigenvalue weighted by Crippen LogP contribution is 2.25. The Bertz CT molecular complexity index is 992. The SMILES string of the molecule is C#Cc1ccccc1C(C(=O)NCC(=O)OC)N(CC#N)C(=O)C(CS)NC(=O)OC(C)(C)C. The average Bonchev–Trinajstić information content (AvgIpc) is 2.79. The third-order valence-electron chi connectivity index (χ3n) is 4.30. The zero-order valence-corrected chi connectivity index (χ0v) is 20.3. The van der Waals surface area contributed by atoms with Crippen LogP contribution < -0.4 is 10.6 Å². The van der Waals surface area contributed by atoms with Crippen LogP contribution in [0, 0.1) is 23.7 Å². The highest BCUT2D eigenvalue weighted by Gasteiger charge is 2.36. The molecule has 182 valence electrons. The Morgan fingerprint density at radius 2 is 1.88 bits per heavy atom. The number of alkyl carbamates (subject to hydrolysis) is 1. The van der Waals surface area contributed by atoms with E-state index < -0.39 is 54.7 Å². The van der Waals surface area contributed by atoms with Crippen molar-refractivity contribution in [2.45, 2.75) is 38.5 Å². The van der Waals surface area contributed by atoms with Gasteiger partial charge in [0.2, 0.25) is 11.8 Å². The van der Waals surface area contributed by atoms with Gasteiger partial charge in [-0.25, -0.2) is 4.79 Å². The van der Waals surface area contributed by atoms with Crippen LogP contribution in [0.15, 0.2) is 24.3 Å². The first kappa shape index (κ1) is 28.3. The van der Waals surface area contributed by atoms with Crippen molar-refractivity contribution in [1.82, 2.24) is 15.5 Å². The van der Waals surface area contributed by atoms with Gasteiger partial charge in [0.15, 0.2) is 0 Å². The second kappa shape index (κ2) is 13.1. The summed E-state index contributed by atoms with van der Waals surface area (Å²) < 4.78 is 9.72. The molecule has 11 heteroatoms. The van der Waals surface area contributed by atoms with Crippen molar-refractivity contribution < 1.29 is 28.7 Å². The van der Waals surface area contributed by atoms with Gasteiger partial charge in [-0.3, -0.25) is 14.4 Å². The molecule has 0 bridgehead atoms. The third kappa shape index (κ3) is 8.34. The number of methoxy groups -OCH3 is 1. The van der Waals surface area contributed by atoms with Gasteiger partial charge in [-0.2, -0.15) is 17.9 Å². The number of nitrogens with zero attached hydrogens (tertiary/aromatic N) is 2. The van der Waals surface area contributed by atoms with Gasteiger partial charge in [-0.1, -0.05) is 24.1 Å². The molecule has 1 aromatic carbocycles. The van der Waals surface area contributed by atoms with Gasteiger partial charge in [-0.15, -0.1) is 6.42 Å². The van der Waals surface area contributed by atoms with Crippen LogP contribution in [-0.4, -0.2) is 66.4 Å². The Hall–Kier alpha value is -3.70. The van der Waals surface area contributed by atoms with E-state index in [0.717, 1.165) is 12.0 Å². The molecule has 2 atom stereocenters. The van der Waals surface area contributed by atoms with E-state index in [4.69, 9.17) is 11.2 Å². The lowest BCUT2D eigenvalue weighted by Crippen LogP contribution is -2.54. The summed E-state index contributed by atoms with van der Waals surface area (Å²) >= 11 is 4.14. The van der Waals surface area contributed by atoms with E-state index >= 15 is 0 Å². The van der Waals surface area contributed by atoms with Crippen molar-refractivity contribution in [2.24, 2.45) is 0 Å². The van der Waals surface area contributed by atoms with Crippen LogP contribution in [0.25, 0.3) is 0 Å². The lowest BCUT2D eigenvalue weighted by Gasteiger charge is -2.32. The first-order chi connectivity index (χ1) is 16.0. The fourth-order valence-electron chi connectivity index (χ4n) is 2.85. The molecule has 3 amide bonds. The highest BCUT2D eigenvalue weighted by atomic mass is 32.1. The van der Waals surface area contributed by atoms with Gasteiger partial charge in [0.05, 0.1) is 13.2 Å². The van der Waals surface area contributed by atoms with Crippen molar-refractivity contribution >= 4 is 36.5 Å². The smallest absolute Gasteiger partial charge is 0.408 e. The molecule has 10 nitrogen and oxygen atoms in total. The van der Waals surface area contributed by atoms with Crippen LogP contribution in [0.2, 0.25) is 0 Å². The van der Waals surface area contributed by atoms with Gasteiger partial charge >= 0.3 is 12.1 Å². The first-order valence-corrected chi connectivity index (χ1v) is 10.8. The number of hydrogen-bond donors (Lipinski definition) is 3. The van der Waals surface area contributed by atoms with Crippen molar-refractivity contribution in [3.63, 3.8) is 0 Å². The molecule has 0 radical (unpaired) electrons. The number of nitriles is 1. The number of carbonyl (C=O) groups excluding carboxylic acids is 4. The quantitative estimate of drug-likeness (QED) is 0.205. The van der Waals surface area contributed by atoms with Gasteiger partial charge < -0.3 is 25.0 Å². The molecule has 0 aromatic heterocycles. The number of amides is 3. The predicted molar refractivity (Wildman–Crippen MR) is 126 cm³/mol. The average molecular weight is 489 g/mol. The van der Waals surface area contributed by atoms with E-state index in [1.807, 2.05) is 6.07 Å². The molecule has 0 heterocycles. The normalized spacial score (nSPS) is 12.2. The van der Waals surface area contributed by atoms with Crippen molar-refractivity contribution in [1.29, 1.82) is 5.26 Å². The molecule has 0 aliphatic heterocycles. The molecule has 0 aliphatic rings. The molecular formula is C23H28N4O6S. The van der Waals surface area contributed by atoms with E-state index in [9.17, 15) is 24.4 Å². The number of nitrogens with one attached hydrogen (secondary N) is 2. The lowest BCUT2D eigenvalue weighted by molar-refractivity contribution is -0.144. The van der Waals surface area contributed by atoms with Crippen molar-refractivity contribution in [3.05, 3.63) is 35.4 Å². The predicted octanol–water partition coefficient (Wildman–Crippen LogP) is 1.17. The summed E-state index contributed by atoms with van der Waals surface area (Å²) in [6, 6.07) is 5.61. The Kier molecular flexibility index (Phi) is 10.9. The maximum atomic E-state index is 13.4. The van der Waals surface area contributed by atoms with Crippen LogP contribution in [0.4, 0.5) is 4.79 Å². The Morgan fingerprint density at radius 1 is 1.24 bits per heavy atom. The molecule has 0 saturated carbocycles. The Morgan fingerprint density at radius 3 is 2.41 bits per heavy atom. The number of hydrogen-bond acceptors (Lipinski definition) is 8. The topological polar surface area (TPSA) is 138 Å². The maximum Gasteiger partial charge on any atom is 0.408 e. The second-order valence-corrected chi connectivity index (χ2v) is 8.30. The van der Waals surface area contributed by atoms with Gasteiger partial charge in [-0.05, 0) is 32.4 Å². The fourth-order valence-corrected chi connectivity index (χ4v) is 3.10. The van der Waals surface area contributed by atoms with Crippen molar-refractivity contribution in [3.8, 4) is 18.4 Å². The number of rotatable bonds is 9. The van der Waals surface area contributed by atoms with E-state index in [2.05, 4.69) is 33.9 Å². The summed E-state index contributed by atoms with van der Waals surface area (Å²) in [5.41, 5.74) is -0.256. The van der Waals surface area contributed by atoms with E-state index in [1.54, 1.807) is 39.0 Å². The summed E-state index contributed by atoms with van der Waals surface area (Å²) in [7, 11) is 1.16. The van der Waals surface area contributed by atoms with Crippen LogP contribution >= 0.6 is 12.6 Å². The molecule has 0 aliphatic carbocycles. The van der Waals surface area contributed by atoms with E-state index in [0.29, 0.717) is 5.56 Å². The monoisotopic (exact) mass is 488 g/mol. The zero-order chi connectivity index (χ0) is 25.9. The summed E-state index contributed by atoms with van der Waals surface area (Å²) in [6.45, 7) is 3.98. The van der Waals surface area contributed by atoms with Crippen LogP contribution in [0.5, 0.6) is 0 Å². The van der Waals surface area contributed by atoms with Crippen LogP contribution in [0.1, 0.15) is 37.9 Å². The summed E-state index contributed by atoms with van der Waals surface area (Å²) in [6.07, 6.45) is 4.72. The minimum absolute atomic E-state index is 0.146. The molecule has 1 aromatic rings. The second-order valence-electron chi connectivity index (χ2n) is 7.93. The Labute approximate surface area is 204 Å². The van der Waals surface area contributed by atoms with E-state index in [1.165, 1.54) is 6.07 Å². The molecule has 34 heavy (non-hydrogen) atoms. The number of benzene rings is 1. The molecule has 0 saturated heterocycles. The number of terminal acetylenes is 1. The molecule has 0 fully saturated rings. The highest BCUT2D eigenvalue weighted by molar-refractivity contribution is 7.80. The molecule has 2 N–H and O–H groups in total. The number of thiol groups is 1. The first-order valence-electron chi connectivity index (χ1n) is 10.2. The fraction of sp³-hybridized carbons (Fsp3) is 0.435. The summed E-state index contributed by atoms with van der Waals surface area (Å²) in [5, 5.41) is 14.2. The minimum atomic E-state index is -1.38. The van der Waals surface area contributed by atoms with Crippen LogP contribution in [0.3, 0.4) is 0 Å². The number of ether oxygens (including phenoxy) is 2. The maximum absolute atomic E-state index is 13.4. The molecular weight excluding hydrogens is 460 g/mol. The van der Waals surface area contributed by atoms with Gasteiger partial charge in [0.1, 0.15) is 30.8 Å². The summed E-state index contributed by atoms with van der Waals surface area (Å²) in [4.78, 5) is 51.3. The summed E-state index contributed by atoms with van der Waals surface area (Å²) in [5.74, 6) is 0.0462. The van der Waals surface area contributed by atoms with Gasteiger partial charge in [0, 0.05) is 11.3 Å². The Balaban J connectivity index is 3.42.